The highest BCUT2D eigenvalue weighted by Crippen LogP contribution is 2.41. The number of rotatable bonds is 8. The third-order valence-corrected chi connectivity index (χ3v) is 5.19. The van der Waals surface area contributed by atoms with Crippen LogP contribution in [0.3, 0.4) is 0 Å². The number of hydrogen-bond acceptors (Lipinski definition) is 7. The molecule has 3 rings (SSSR count). The van der Waals surface area contributed by atoms with Crippen molar-refractivity contribution < 1.29 is 33.3 Å². The quantitative estimate of drug-likeness (QED) is 0.558. The lowest BCUT2D eigenvalue weighted by molar-refractivity contribution is -0.113. The summed E-state index contributed by atoms with van der Waals surface area (Å²) in [6.45, 7) is 1.66. The predicted octanol–water partition coefficient (Wildman–Crippen LogP) is 3.00. The molecule has 10 nitrogen and oxygen atoms in total. The summed E-state index contributed by atoms with van der Waals surface area (Å²) in [6.07, 6.45) is 0. The third-order valence-electron chi connectivity index (χ3n) is 5.19. The summed E-state index contributed by atoms with van der Waals surface area (Å²) >= 11 is 0. The maximum atomic E-state index is 13.4. The van der Waals surface area contributed by atoms with Crippen LogP contribution in [0, 0.1) is 0 Å². The van der Waals surface area contributed by atoms with Crippen molar-refractivity contribution in [2.24, 2.45) is 0 Å². The van der Waals surface area contributed by atoms with Crippen molar-refractivity contribution in [3.8, 4) is 28.7 Å². The van der Waals surface area contributed by atoms with E-state index in [0.29, 0.717) is 51.3 Å². The third kappa shape index (κ3) is 4.74. The molecule has 1 aliphatic rings. The van der Waals surface area contributed by atoms with Crippen LogP contribution in [0.2, 0.25) is 0 Å². The Kier molecular flexibility index (Phi) is 7.17. The minimum Gasteiger partial charge on any atom is -0.497 e. The molecule has 176 valence electrons. The van der Waals surface area contributed by atoms with Crippen LogP contribution in [0.5, 0.6) is 28.7 Å². The molecule has 0 saturated heterocycles. The Labute approximate surface area is 191 Å². The summed E-state index contributed by atoms with van der Waals surface area (Å²) in [4.78, 5) is 25.7. The smallest absolute Gasteiger partial charge is 0.319 e. The van der Waals surface area contributed by atoms with E-state index >= 15 is 0 Å². The molecule has 0 radical (unpaired) electrons. The van der Waals surface area contributed by atoms with Gasteiger partial charge in [-0.1, -0.05) is 0 Å². The molecule has 2 aromatic rings. The fourth-order valence-corrected chi connectivity index (χ4v) is 3.60. The van der Waals surface area contributed by atoms with Gasteiger partial charge in [0.25, 0.3) is 5.91 Å². The van der Waals surface area contributed by atoms with Crippen molar-refractivity contribution in [3.05, 3.63) is 47.2 Å². The van der Waals surface area contributed by atoms with Crippen LogP contribution >= 0.6 is 0 Å². The second-order valence-corrected chi connectivity index (χ2v) is 7.05. The normalized spacial score (nSPS) is 15.2. The van der Waals surface area contributed by atoms with Crippen LogP contribution in [0.4, 0.5) is 10.5 Å². The van der Waals surface area contributed by atoms with E-state index in [-0.39, 0.29) is 0 Å². The van der Waals surface area contributed by atoms with Crippen molar-refractivity contribution in [1.29, 1.82) is 0 Å². The van der Waals surface area contributed by atoms with E-state index < -0.39 is 18.0 Å². The molecule has 2 aromatic carbocycles. The highest BCUT2D eigenvalue weighted by Gasteiger charge is 2.33. The number of urea groups is 1. The number of hydrogen-bond donors (Lipinski definition) is 3. The van der Waals surface area contributed by atoms with E-state index in [4.69, 9.17) is 23.7 Å². The van der Waals surface area contributed by atoms with Gasteiger partial charge in [-0.2, -0.15) is 0 Å². The van der Waals surface area contributed by atoms with Crippen LogP contribution in [0.1, 0.15) is 18.5 Å². The Morgan fingerprint density at radius 2 is 1.52 bits per heavy atom. The first kappa shape index (κ1) is 23.6. The second-order valence-electron chi connectivity index (χ2n) is 7.05. The number of allylic oxidation sites excluding steroid dienone is 1. The molecular formula is C23H27N3O7. The number of methoxy groups -OCH3 is 5. The van der Waals surface area contributed by atoms with Gasteiger partial charge >= 0.3 is 6.03 Å². The summed E-state index contributed by atoms with van der Waals surface area (Å²) in [6, 6.07) is 7.19. The highest BCUT2D eigenvalue weighted by atomic mass is 16.5. The lowest BCUT2D eigenvalue weighted by Gasteiger charge is -2.29. The van der Waals surface area contributed by atoms with Gasteiger partial charge in [0, 0.05) is 11.8 Å². The number of anilines is 1. The van der Waals surface area contributed by atoms with Crippen molar-refractivity contribution in [3.63, 3.8) is 0 Å². The van der Waals surface area contributed by atoms with Gasteiger partial charge in [-0.3, -0.25) is 4.79 Å². The Morgan fingerprint density at radius 3 is 2.06 bits per heavy atom. The number of carbonyl (C=O) groups is 2. The second kappa shape index (κ2) is 10.0. The van der Waals surface area contributed by atoms with Gasteiger partial charge in [-0.15, -0.1) is 0 Å². The van der Waals surface area contributed by atoms with Gasteiger partial charge < -0.3 is 39.6 Å². The number of benzene rings is 2. The number of amides is 3. The molecule has 1 atom stereocenters. The zero-order valence-corrected chi connectivity index (χ0v) is 19.3. The molecular weight excluding hydrogens is 430 g/mol. The van der Waals surface area contributed by atoms with E-state index in [2.05, 4.69) is 16.0 Å². The first-order valence-corrected chi connectivity index (χ1v) is 9.98. The molecule has 3 amide bonds. The van der Waals surface area contributed by atoms with Crippen molar-refractivity contribution in [1.82, 2.24) is 10.6 Å². The van der Waals surface area contributed by atoms with E-state index in [1.807, 2.05) is 0 Å². The van der Waals surface area contributed by atoms with Gasteiger partial charge in [0.15, 0.2) is 11.5 Å². The number of carbonyl (C=O) groups excluding carboxylic acids is 2. The Balaban J connectivity index is 2.04. The van der Waals surface area contributed by atoms with Crippen LogP contribution in [0.25, 0.3) is 0 Å². The van der Waals surface area contributed by atoms with Crippen LogP contribution in [-0.4, -0.2) is 47.5 Å². The number of nitrogens with one attached hydrogen (secondary N) is 3. The highest BCUT2D eigenvalue weighted by molar-refractivity contribution is 6.07. The number of ether oxygens (including phenoxy) is 5. The zero-order chi connectivity index (χ0) is 24.1. The molecule has 1 heterocycles. The summed E-state index contributed by atoms with van der Waals surface area (Å²) < 4.78 is 26.8. The minimum atomic E-state index is -0.781. The standard InChI is InChI=1S/C23H27N3O7/c1-12-19(22(27)25-15-8-7-14(29-2)11-16(15)30-3)20(26-23(28)24-12)13-9-17(31-4)21(33-6)18(10-13)32-5/h7-11,20H,1-6H3,(H,25,27)(H2,24,26,28). The maximum Gasteiger partial charge on any atom is 0.319 e. The largest absolute Gasteiger partial charge is 0.497 e. The van der Waals surface area contributed by atoms with Crippen molar-refractivity contribution in [2.45, 2.75) is 13.0 Å². The summed E-state index contributed by atoms with van der Waals surface area (Å²) in [7, 11) is 7.52. The molecule has 3 N–H and O–H groups in total. The lowest BCUT2D eigenvalue weighted by Crippen LogP contribution is -2.46. The van der Waals surface area contributed by atoms with E-state index in [9.17, 15) is 9.59 Å². The van der Waals surface area contributed by atoms with Gasteiger partial charge in [-0.25, -0.2) is 4.79 Å². The van der Waals surface area contributed by atoms with Gasteiger partial charge in [0.1, 0.15) is 11.5 Å². The summed E-state index contributed by atoms with van der Waals surface area (Å²) in [5.41, 5.74) is 1.74. The average Bonchev–Trinajstić information content (AvgIpc) is 2.82. The average molecular weight is 457 g/mol. The first-order chi connectivity index (χ1) is 15.9. The van der Waals surface area contributed by atoms with Crippen LogP contribution < -0.4 is 39.6 Å². The molecule has 0 bridgehead atoms. The molecule has 0 spiro atoms. The van der Waals surface area contributed by atoms with Gasteiger partial charge in [0.2, 0.25) is 5.75 Å². The van der Waals surface area contributed by atoms with E-state index in [1.165, 1.54) is 28.4 Å². The monoisotopic (exact) mass is 457 g/mol. The fourth-order valence-electron chi connectivity index (χ4n) is 3.60. The molecule has 0 saturated carbocycles. The van der Waals surface area contributed by atoms with Crippen LogP contribution in [0.15, 0.2) is 41.6 Å². The summed E-state index contributed by atoms with van der Waals surface area (Å²) in [5.74, 6) is 1.78. The molecule has 0 aromatic heterocycles. The Morgan fingerprint density at radius 1 is 0.879 bits per heavy atom. The minimum absolute atomic E-state index is 0.307. The Hall–Kier alpha value is -4.08. The molecule has 33 heavy (non-hydrogen) atoms. The first-order valence-electron chi connectivity index (χ1n) is 9.98. The molecule has 0 fully saturated rings. The van der Waals surface area contributed by atoms with Crippen molar-refractivity contribution >= 4 is 17.6 Å². The Bertz CT molecular complexity index is 1070. The molecule has 0 aliphatic carbocycles. The maximum absolute atomic E-state index is 13.4. The van der Waals surface area contributed by atoms with Crippen molar-refractivity contribution in [2.75, 3.05) is 40.9 Å². The lowest BCUT2D eigenvalue weighted by atomic mass is 9.94. The van der Waals surface area contributed by atoms with Gasteiger partial charge in [0.05, 0.1) is 52.9 Å². The van der Waals surface area contributed by atoms with Gasteiger partial charge in [-0.05, 0) is 36.8 Å². The topological polar surface area (TPSA) is 116 Å². The van der Waals surface area contributed by atoms with E-state index in [0.717, 1.165) is 0 Å². The van der Waals surface area contributed by atoms with Crippen LogP contribution in [-0.2, 0) is 4.79 Å². The molecule has 1 unspecified atom stereocenters. The van der Waals surface area contributed by atoms with E-state index in [1.54, 1.807) is 44.4 Å². The molecule has 1 aliphatic heterocycles. The fraction of sp³-hybridized carbons (Fsp3) is 0.304. The SMILES string of the molecule is COc1ccc(NC(=O)C2=C(C)NC(=O)NC2c2cc(OC)c(OC)c(OC)c2)c(OC)c1. The predicted molar refractivity (Wildman–Crippen MR) is 121 cm³/mol. The summed E-state index contributed by atoms with van der Waals surface area (Å²) in [5, 5.41) is 8.30. The molecule has 10 heteroatoms. The zero-order valence-electron chi connectivity index (χ0n) is 19.3.